The molecule has 2 aromatic rings. The Labute approximate surface area is 174 Å². The van der Waals surface area contributed by atoms with E-state index in [1.807, 2.05) is 11.0 Å². The van der Waals surface area contributed by atoms with Crippen LogP contribution in [0.3, 0.4) is 0 Å². The number of carbonyl (C=O) groups is 2. The van der Waals surface area contributed by atoms with E-state index in [0.29, 0.717) is 46.4 Å². The lowest BCUT2D eigenvalue weighted by atomic mass is 10.0. The van der Waals surface area contributed by atoms with Gasteiger partial charge in [-0.15, -0.1) is 0 Å². The van der Waals surface area contributed by atoms with Crippen LogP contribution in [0.2, 0.25) is 5.02 Å². The number of likely N-dealkylation sites (N-methyl/N-ethyl adjacent to an activating group) is 1. The van der Waals surface area contributed by atoms with Crippen LogP contribution in [0.4, 0.5) is 5.69 Å². The second-order valence-corrected chi connectivity index (χ2v) is 7.57. The Morgan fingerprint density at radius 1 is 0.897 bits per heavy atom. The van der Waals surface area contributed by atoms with E-state index in [9.17, 15) is 9.59 Å². The van der Waals surface area contributed by atoms with E-state index < -0.39 is 0 Å². The smallest absolute Gasteiger partial charge is 0.282 e. The average Bonchev–Trinajstić information content (AvgIpc) is 2.99. The van der Waals surface area contributed by atoms with Crippen LogP contribution in [0.5, 0.6) is 5.75 Å². The molecule has 2 aromatic carbocycles. The standard InChI is InChI=1S/C22H22ClN3O3/c1-24-11-13-25(14-12-24)20-19(15-7-9-16(23)10-8-15)21(27)26(22(20)28)17-5-3-4-6-18(17)29-2/h3-10H,11-14H2,1-2H3. The molecule has 0 spiro atoms. The largest absolute Gasteiger partial charge is 0.495 e. The Bertz CT molecular complexity index is 979. The number of rotatable bonds is 4. The summed E-state index contributed by atoms with van der Waals surface area (Å²) in [6, 6.07) is 14.1. The van der Waals surface area contributed by atoms with E-state index in [1.165, 1.54) is 12.0 Å². The number of imide groups is 1. The Morgan fingerprint density at radius 2 is 1.55 bits per heavy atom. The fourth-order valence-electron chi connectivity index (χ4n) is 3.75. The molecule has 1 saturated heterocycles. The number of carbonyl (C=O) groups excluding carboxylic acids is 2. The van der Waals surface area contributed by atoms with E-state index in [-0.39, 0.29) is 11.8 Å². The van der Waals surface area contributed by atoms with Gasteiger partial charge in [0.2, 0.25) is 0 Å². The third-order valence-corrected chi connectivity index (χ3v) is 5.59. The van der Waals surface area contributed by atoms with Crippen molar-refractivity contribution in [2.75, 3.05) is 45.2 Å². The Balaban J connectivity index is 1.82. The van der Waals surface area contributed by atoms with Crippen LogP contribution in [0.15, 0.2) is 54.2 Å². The van der Waals surface area contributed by atoms with Crippen molar-refractivity contribution in [3.05, 3.63) is 64.8 Å². The van der Waals surface area contributed by atoms with Crippen molar-refractivity contribution in [3.63, 3.8) is 0 Å². The van der Waals surface area contributed by atoms with Crippen LogP contribution in [0, 0.1) is 0 Å². The van der Waals surface area contributed by atoms with Crippen LogP contribution in [-0.4, -0.2) is 62.0 Å². The molecule has 1 fully saturated rings. The number of benzene rings is 2. The number of amides is 2. The van der Waals surface area contributed by atoms with E-state index >= 15 is 0 Å². The van der Waals surface area contributed by atoms with Gasteiger partial charge in [-0.3, -0.25) is 9.59 Å². The van der Waals surface area contributed by atoms with Gasteiger partial charge in [0, 0.05) is 31.2 Å². The monoisotopic (exact) mass is 411 g/mol. The van der Waals surface area contributed by atoms with Gasteiger partial charge < -0.3 is 14.5 Å². The number of piperazine rings is 1. The van der Waals surface area contributed by atoms with Gasteiger partial charge in [-0.2, -0.15) is 0 Å². The molecule has 0 aromatic heterocycles. The van der Waals surface area contributed by atoms with Gasteiger partial charge in [0.25, 0.3) is 11.8 Å². The lowest BCUT2D eigenvalue weighted by molar-refractivity contribution is -0.120. The summed E-state index contributed by atoms with van der Waals surface area (Å²) in [6.45, 7) is 3.02. The Hall–Kier alpha value is -2.83. The van der Waals surface area contributed by atoms with Crippen molar-refractivity contribution in [2.45, 2.75) is 0 Å². The molecule has 0 N–H and O–H groups in total. The fourth-order valence-corrected chi connectivity index (χ4v) is 3.88. The summed E-state index contributed by atoms with van der Waals surface area (Å²) in [5.41, 5.74) is 1.97. The van der Waals surface area contributed by atoms with Gasteiger partial charge in [0.1, 0.15) is 11.4 Å². The van der Waals surface area contributed by atoms with Crippen molar-refractivity contribution in [1.82, 2.24) is 9.80 Å². The predicted molar refractivity (Wildman–Crippen MR) is 113 cm³/mol. The van der Waals surface area contributed by atoms with Crippen molar-refractivity contribution >= 4 is 34.7 Å². The number of nitrogens with zero attached hydrogens (tertiary/aromatic N) is 3. The topological polar surface area (TPSA) is 53.1 Å². The highest BCUT2D eigenvalue weighted by molar-refractivity contribution is 6.45. The number of para-hydroxylation sites is 2. The third kappa shape index (κ3) is 3.50. The van der Waals surface area contributed by atoms with Gasteiger partial charge >= 0.3 is 0 Å². The molecule has 0 aliphatic carbocycles. The van der Waals surface area contributed by atoms with Gasteiger partial charge in [-0.1, -0.05) is 35.9 Å². The maximum atomic E-state index is 13.5. The molecule has 2 aliphatic rings. The normalized spacial score (nSPS) is 18.0. The zero-order valence-electron chi connectivity index (χ0n) is 16.4. The summed E-state index contributed by atoms with van der Waals surface area (Å²) in [4.78, 5) is 32.5. The second kappa shape index (κ2) is 7.89. The summed E-state index contributed by atoms with van der Waals surface area (Å²) in [5, 5.41) is 0.578. The van der Waals surface area contributed by atoms with Gasteiger partial charge in [0.05, 0.1) is 18.4 Å². The summed E-state index contributed by atoms with van der Waals surface area (Å²) < 4.78 is 5.40. The van der Waals surface area contributed by atoms with Crippen LogP contribution >= 0.6 is 11.6 Å². The molecule has 2 amide bonds. The van der Waals surface area contributed by atoms with Crippen LogP contribution < -0.4 is 9.64 Å². The first-order valence-electron chi connectivity index (χ1n) is 9.46. The average molecular weight is 412 g/mol. The lowest BCUT2D eigenvalue weighted by Crippen LogP contribution is -2.46. The van der Waals surface area contributed by atoms with Crippen molar-refractivity contribution < 1.29 is 14.3 Å². The second-order valence-electron chi connectivity index (χ2n) is 7.14. The van der Waals surface area contributed by atoms with Crippen LogP contribution in [0.1, 0.15) is 5.56 Å². The number of hydrogen-bond acceptors (Lipinski definition) is 5. The molecule has 2 aliphatic heterocycles. The van der Waals surface area contributed by atoms with Gasteiger partial charge in [0.15, 0.2) is 0 Å². The molecule has 0 unspecified atom stereocenters. The molecule has 0 atom stereocenters. The maximum Gasteiger partial charge on any atom is 0.282 e. The minimum absolute atomic E-state index is 0.325. The molecule has 150 valence electrons. The summed E-state index contributed by atoms with van der Waals surface area (Å²) >= 11 is 6.04. The molecule has 0 radical (unpaired) electrons. The predicted octanol–water partition coefficient (Wildman–Crippen LogP) is 2.88. The number of methoxy groups -OCH3 is 1. The van der Waals surface area contributed by atoms with Crippen molar-refractivity contribution in [1.29, 1.82) is 0 Å². The molecule has 2 heterocycles. The molecule has 29 heavy (non-hydrogen) atoms. The highest BCUT2D eigenvalue weighted by atomic mass is 35.5. The van der Waals surface area contributed by atoms with Crippen LogP contribution in [0.25, 0.3) is 5.57 Å². The Morgan fingerprint density at radius 3 is 2.21 bits per heavy atom. The van der Waals surface area contributed by atoms with Crippen molar-refractivity contribution in [3.8, 4) is 5.75 Å². The molecule has 6 nitrogen and oxygen atoms in total. The quantitative estimate of drug-likeness (QED) is 0.724. The van der Waals surface area contributed by atoms with E-state index in [1.54, 1.807) is 42.5 Å². The highest BCUT2D eigenvalue weighted by Crippen LogP contribution is 2.38. The van der Waals surface area contributed by atoms with Crippen molar-refractivity contribution in [2.24, 2.45) is 0 Å². The first-order chi connectivity index (χ1) is 14.0. The minimum Gasteiger partial charge on any atom is -0.495 e. The third-order valence-electron chi connectivity index (χ3n) is 5.34. The molecular weight excluding hydrogens is 390 g/mol. The van der Waals surface area contributed by atoms with E-state index in [4.69, 9.17) is 16.3 Å². The summed E-state index contributed by atoms with van der Waals surface area (Å²) in [6.07, 6.45) is 0. The van der Waals surface area contributed by atoms with E-state index in [2.05, 4.69) is 11.9 Å². The summed E-state index contributed by atoms with van der Waals surface area (Å²) in [7, 11) is 3.58. The SMILES string of the molecule is COc1ccccc1N1C(=O)C(c2ccc(Cl)cc2)=C(N2CCN(C)CC2)C1=O. The molecule has 7 heteroatoms. The maximum absolute atomic E-state index is 13.5. The first-order valence-corrected chi connectivity index (χ1v) is 9.84. The molecule has 4 rings (SSSR count). The Kier molecular flexibility index (Phi) is 5.30. The van der Waals surface area contributed by atoms with E-state index in [0.717, 1.165) is 13.1 Å². The molecule has 0 bridgehead atoms. The summed E-state index contributed by atoms with van der Waals surface area (Å²) in [5.74, 6) is -0.200. The number of anilines is 1. The zero-order chi connectivity index (χ0) is 20.5. The first kappa shape index (κ1) is 19.5. The molecule has 0 saturated carbocycles. The number of hydrogen-bond donors (Lipinski definition) is 0. The van der Waals surface area contributed by atoms with Gasteiger partial charge in [-0.05, 0) is 36.9 Å². The minimum atomic E-state index is -0.351. The van der Waals surface area contributed by atoms with Crippen LogP contribution in [-0.2, 0) is 9.59 Å². The highest BCUT2D eigenvalue weighted by Gasteiger charge is 2.43. The fraction of sp³-hybridized carbons (Fsp3) is 0.273. The lowest BCUT2D eigenvalue weighted by Gasteiger charge is -2.34. The van der Waals surface area contributed by atoms with Gasteiger partial charge in [-0.25, -0.2) is 4.90 Å². The number of halogens is 1. The number of ether oxygens (including phenoxy) is 1. The molecular formula is C22H22ClN3O3. The zero-order valence-corrected chi connectivity index (χ0v) is 17.1.